The first-order valence-corrected chi connectivity index (χ1v) is 10.9. The Morgan fingerprint density at radius 2 is 2.00 bits per heavy atom. The smallest absolute Gasteiger partial charge is 0.325 e. The van der Waals surface area contributed by atoms with E-state index in [9.17, 15) is 18.0 Å². The Labute approximate surface area is 165 Å². The molecule has 9 nitrogen and oxygen atoms in total. The van der Waals surface area contributed by atoms with Gasteiger partial charge in [0.25, 0.3) is 0 Å². The summed E-state index contributed by atoms with van der Waals surface area (Å²) in [6.45, 7) is 3.05. The molecule has 1 aromatic carbocycles. The Bertz CT molecular complexity index is 759. The van der Waals surface area contributed by atoms with Gasteiger partial charge in [-0.05, 0) is 37.5 Å². The van der Waals surface area contributed by atoms with Crippen LogP contribution in [0.5, 0.6) is 5.75 Å². The van der Waals surface area contributed by atoms with E-state index >= 15 is 0 Å². The van der Waals surface area contributed by atoms with Gasteiger partial charge in [0.15, 0.2) is 0 Å². The van der Waals surface area contributed by atoms with Gasteiger partial charge in [0.2, 0.25) is 0 Å². The molecule has 156 valence electrons. The predicted molar refractivity (Wildman–Crippen MR) is 101 cm³/mol. The lowest BCUT2D eigenvalue weighted by Crippen LogP contribution is -2.45. The van der Waals surface area contributed by atoms with Gasteiger partial charge in [-0.3, -0.25) is 4.79 Å². The number of hydrogen-bond acceptors (Lipinski definition) is 7. The number of nitrogens with zero attached hydrogens (tertiary/aromatic N) is 1. The molecule has 2 rings (SSSR count). The van der Waals surface area contributed by atoms with Crippen LogP contribution in [0, 0.1) is 0 Å². The van der Waals surface area contributed by atoms with Crippen molar-refractivity contribution in [1.82, 2.24) is 10.2 Å². The number of amides is 2. The summed E-state index contributed by atoms with van der Waals surface area (Å²) in [5.41, 5.74) is 0.783. The average molecular weight is 414 g/mol. The highest BCUT2D eigenvalue weighted by Gasteiger charge is 2.23. The minimum Gasteiger partial charge on any atom is -0.465 e. The fourth-order valence-corrected chi connectivity index (χ4v) is 3.23. The zero-order valence-corrected chi connectivity index (χ0v) is 16.9. The van der Waals surface area contributed by atoms with Gasteiger partial charge >= 0.3 is 22.1 Å². The van der Waals surface area contributed by atoms with E-state index in [4.69, 9.17) is 13.7 Å². The first-order chi connectivity index (χ1) is 13.3. The van der Waals surface area contributed by atoms with Crippen LogP contribution in [0.15, 0.2) is 24.3 Å². The molecule has 0 radical (unpaired) electrons. The molecular weight excluding hydrogens is 388 g/mol. The first-order valence-electron chi connectivity index (χ1n) is 9.05. The zero-order chi connectivity index (χ0) is 20.6. The van der Waals surface area contributed by atoms with E-state index in [1.165, 1.54) is 12.1 Å². The number of carbonyl (C=O) groups excluding carboxylic acids is 2. The molecule has 0 aliphatic carbocycles. The molecule has 1 aromatic rings. The minimum atomic E-state index is -3.60. The van der Waals surface area contributed by atoms with Crippen LogP contribution in [0.4, 0.5) is 4.79 Å². The molecule has 0 bridgehead atoms. The lowest BCUT2D eigenvalue weighted by Gasteiger charge is -2.25. The van der Waals surface area contributed by atoms with Crippen molar-refractivity contribution in [2.75, 3.05) is 32.6 Å². The van der Waals surface area contributed by atoms with Gasteiger partial charge in [0.1, 0.15) is 12.3 Å². The van der Waals surface area contributed by atoms with Crippen molar-refractivity contribution in [2.45, 2.75) is 32.4 Å². The maximum absolute atomic E-state index is 12.5. The van der Waals surface area contributed by atoms with Crippen LogP contribution >= 0.6 is 0 Å². The Morgan fingerprint density at radius 1 is 1.29 bits per heavy atom. The van der Waals surface area contributed by atoms with Crippen molar-refractivity contribution >= 4 is 22.1 Å². The normalized spacial score (nSPS) is 16.4. The van der Waals surface area contributed by atoms with E-state index in [2.05, 4.69) is 5.32 Å². The van der Waals surface area contributed by atoms with Gasteiger partial charge in [0.05, 0.1) is 19.0 Å². The standard InChI is InChI=1S/C18H26N2O7S/c1-3-25-17(21)11-19-18(22)20(13-16-5-4-10-26-16)12-14-6-8-15(9-7-14)27-28(2,23)24/h6-9,16H,3-5,10-13H2,1-2H3,(H,19,22). The molecule has 1 saturated heterocycles. The van der Waals surface area contributed by atoms with Gasteiger partial charge in [-0.2, -0.15) is 8.42 Å². The van der Waals surface area contributed by atoms with Crippen LogP contribution in [0.1, 0.15) is 25.3 Å². The van der Waals surface area contributed by atoms with E-state index in [1.807, 2.05) is 0 Å². The number of urea groups is 1. The van der Waals surface area contributed by atoms with Crippen molar-refractivity contribution < 1.29 is 31.7 Å². The zero-order valence-electron chi connectivity index (χ0n) is 16.0. The maximum atomic E-state index is 12.5. The second-order valence-corrected chi connectivity index (χ2v) is 7.99. The maximum Gasteiger partial charge on any atom is 0.325 e. The molecule has 1 aliphatic heterocycles. The molecule has 1 N–H and O–H groups in total. The second-order valence-electron chi connectivity index (χ2n) is 6.41. The predicted octanol–water partition coefficient (Wildman–Crippen LogP) is 1.28. The summed E-state index contributed by atoms with van der Waals surface area (Å²) < 4.78 is 37.6. The van der Waals surface area contributed by atoms with Crippen LogP contribution in [-0.2, 0) is 30.9 Å². The van der Waals surface area contributed by atoms with Crippen molar-refractivity contribution in [2.24, 2.45) is 0 Å². The summed E-state index contributed by atoms with van der Waals surface area (Å²) in [5.74, 6) is -0.307. The monoisotopic (exact) mass is 414 g/mol. The highest BCUT2D eigenvalue weighted by atomic mass is 32.2. The Balaban J connectivity index is 2.01. The van der Waals surface area contributed by atoms with E-state index in [1.54, 1.807) is 24.0 Å². The van der Waals surface area contributed by atoms with Crippen LogP contribution in [-0.4, -0.2) is 64.0 Å². The summed E-state index contributed by atoms with van der Waals surface area (Å²) >= 11 is 0. The second kappa shape index (κ2) is 10.3. The molecule has 2 amide bonds. The largest absolute Gasteiger partial charge is 0.465 e. The Hall–Kier alpha value is -2.33. The van der Waals surface area contributed by atoms with Crippen molar-refractivity contribution in [3.05, 3.63) is 29.8 Å². The summed E-state index contributed by atoms with van der Waals surface area (Å²) in [6.07, 6.45) is 2.72. The van der Waals surface area contributed by atoms with Crippen molar-refractivity contribution in [3.63, 3.8) is 0 Å². The van der Waals surface area contributed by atoms with Gasteiger partial charge in [-0.15, -0.1) is 0 Å². The molecule has 1 fully saturated rings. The molecule has 1 unspecified atom stereocenters. The topological polar surface area (TPSA) is 111 Å². The number of carbonyl (C=O) groups is 2. The third-order valence-electron chi connectivity index (χ3n) is 3.97. The van der Waals surface area contributed by atoms with Crippen molar-refractivity contribution in [3.8, 4) is 5.75 Å². The van der Waals surface area contributed by atoms with Crippen LogP contribution < -0.4 is 9.50 Å². The number of benzene rings is 1. The molecule has 10 heteroatoms. The summed E-state index contributed by atoms with van der Waals surface area (Å²) in [7, 11) is -3.60. The number of hydrogen-bond donors (Lipinski definition) is 1. The van der Waals surface area contributed by atoms with Crippen LogP contribution in [0.2, 0.25) is 0 Å². The molecule has 0 saturated carbocycles. The van der Waals surface area contributed by atoms with E-state index in [0.29, 0.717) is 13.2 Å². The fourth-order valence-electron chi connectivity index (χ4n) is 2.77. The van der Waals surface area contributed by atoms with Crippen LogP contribution in [0.25, 0.3) is 0 Å². The molecule has 1 heterocycles. The molecule has 28 heavy (non-hydrogen) atoms. The van der Waals surface area contributed by atoms with E-state index in [-0.39, 0.29) is 31.5 Å². The molecule has 0 aromatic heterocycles. The summed E-state index contributed by atoms with van der Waals surface area (Å²) in [4.78, 5) is 25.6. The van der Waals surface area contributed by atoms with Crippen molar-refractivity contribution in [1.29, 1.82) is 0 Å². The number of rotatable bonds is 9. The first kappa shape index (κ1) is 22.0. The summed E-state index contributed by atoms with van der Waals surface area (Å²) in [5, 5.41) is 2.56. The molecule has 1 atom stereocenters. The molecule has 1 aliphatic rings. The third kappa shape index (κ3) is 7.73. The lowest BCUT2D eigenvalue weighted by molar-refractivity contribution is -0.141. The summed E-state index contributed by atoms with van der Waals surface area (Å²) in [6, 6.07) is 6.01. The van der Waals surface area contributed by atoms with Gasteiger partial charge < -0.3 is 23.9 Å². The van der Waals surface area contributed by atoms with Crippen LogP contribution in [0.3, 0.4) is 0 Å². The van der Waals surface area contributed by atoms with E-state index in [0.717, 1.165) is 24.7 Å². The average Bonchev–Trinajstić information content (AvgIpc) is 3.13. The van der Waals surface area contributed by atoms with Gasteiger partial charge in [-0.25, -0.2) is 4.79 Å². The Kier molecular flexibility index (Phi) is 8.06. The quantitative estimate of drug-likeness (QED) is 0.478. The number of ether oxygens (including phenoxy) is 2. The van der Waals surface area contributed by atoms with Gasteiger partial charge in [-0.1, -0.05) is 12.1 Å². The Morgan fingerprint density at radius 3 is 2.57 bits per heavy atom. The highest BCUT2D eigenvalue weighted by molar-refractivity contribution is 7.86. The molecule has 0 spiro atoms. The highest BCUT2D eigenvalue weighted by Crippen LogP contribution is 2.18. The lowest BCUT2D eigenvalue weighted by atomic mass is 10.2. The fraction of sp³-hybridized carbons (Fsp3) is 0.556. The SMILES string of the molecule is CCOC(=O)CNC(=O)N(Cc1ccc(OS(C)(=O)=O)cc1)CC1CCCO1. The number of nitrogens with one attached hydrogen (secondary N) is 1. The van der Waals surface area contributed by atoms with E-state index < -0.39 is 22.1 Å². The minimum absolute atomic E-state index is 0.0545. The third-order valence-corrected chi connectivity index (χ3v) is 4.46. The van der Waals surface area contributed by atoms with Gasteiger partial charge in [0, 0.05) is 19.7 Å². The molecular formula is C18H26N2O7S. The number of esters is 1.